The van der Waals surface area contributed by atoms with Gasteiger partial charge >= 0.3 is 5.97 Å². The molecule has 1 aromatic rings. The number of hydrogen-bond donors (Lipinski definition) is 1. The molecular weight excluding hydrogens is 322 g/mol. The molecule has 0 heterocycles. The van der Waals surface area contributed by atoms with E-state index in [1.807, 2.05) is 0 Å². The van der Waals surface area contributed by atoms with Crippen LogP contribution in [0.25, 0.3) is 0 Å². The lowest BCUT2D eigenvalue weighted by Gasteiger charge is -2.34. The van der Waals surface area contributed by atoms with Gasteiger partial charge in [-0.25, -0.2) is 4.79 Å². The van der Waals surface area contributed by atoms with Gasteiger partial charge in [-0.15, -0.1) is 0 Å². The van der Waals surface area contributed by atoms with E-state index in [-0.39, 0.29) is 24.1 Å². The number of nitrogens with one attached hydrogen (secondary N) is 1. The number of rotatable bonds is 6. The molecular formula is C19H27NO5. The van der Waals surface area contributed by atoms with Crippen LogP contribution in [0.3, 0.4) is 0 Å². The summed E-state index contributed by atoms with van der Waals surface area (Å²) >= 11 is 0. The Labute approximate surface area is 148 Å². The summed E-state index contributed by atoms with van der Waals surface area (Å²) in [7, 11) is 2.98. The van der Waals surface area contributed by atoms with Crippen LogP contribution in [-0.2, 0) is 9.53 Å². The van der Waals surface area contributed by atoms with Gasteiger partial charge < -0.3 is 19.5 Å². The summed E-state index contributed by atoms with van der Waals surface area (Å²) in [4.78, 5) is 24.4. The molecule has 1 N–H and O–H groups in total. The average molecular weight is 349 g/mol. The van der Waals surface area contributed by atoms with Crippen molar-refractivity contribution in [2.75, 3.05) is 20.8 Å². The molecule has 6 heteroatoms. The van der Waals surface area contributed by atoms with Gasteiger partial charge in [0.05, 0.1) is 14.2 Å². The predicted molar refractivity (Wildman–Crippen MR) is 93.9 cm³/mol. The van der Waals surface area contributed by atoms with Crippen molar-refractivity contribution < 1.29 is 23.8 Å². The molecule has 1 aliphatic rings. The van der Waals surface area contributed by atoms with Crippen LogP contribution in [-0.4, -0.2) is 38.7 Å². The Kier molecular flexibility index (Phi) is 6.67. The van der Waals surface area contributed by atoms with E-state index in [0.717, 1.165) is 12.8 Å². The minimum Gasteiger partial charge on any atom is -0.497 e. The number of carbonyl (C=O) groups excluding carboxylic acids is 2. The largest absolute Gasteiger partial charge is 0.497 e. The molecule has 25 heavy (non-hydrogen) atoms. The lowest BCUT2D eigenvalue weighted by Crippen LogP contribution is -2.45. The number of carbonyl (C=O) groups is 2. The molecule has 1 aliphatic carbocycles. The minimum atomic E-state index is -0.615. The van der Waals surface area contributed by atoms with Crippen molar-refractivity contribution in [3.05, 3.63) is 23.8 Å². The van der Waals surface area contributed by atoms with E-state index >= 15 is 0 Å². The van der Waals surface area contributed by atoms with Gasteiger partial charge in [0, 0.05) is 6.04 Å². The Morgan fingerprint density at radius 1 is 1.16 bits per heavy atom. The van der Waals surface area contributed by atoms with Gasteiger partial charge in [0.1, 0.15) is 17.1 Å². The fourth-order valence-corrected chi connectivity index (χ4v) is 3.22. The third kappa shape index (κ3) is 4.87. The number of amides is 1. The number of benzene rings is 1. The Hall–Kier alpha value is -2.24. The Morgan fingerprint density at radius 2 is 1.92 bits per heavy atom. The van der Waals surface area contributed by atoms with E-state index in [0.29, 0.717) is 23.3 Å². The summed E-state index contributed by atoms with van der Waals surface area (Å²) in [5.74, 6) is 1.01. The number of esters is 1. The number of methoxy groups -OCH3 is 2. The van der Waals surface area contributed by atoms with Gasteiger partial charge in [-0.2, -0.15) is 0 Å². The molecule has 3 atom stereocenters. The first kappa shape index (κ1) is 19.1. The predicted octanol–water partition coefficient (Wildman–Crippen LogP) is 2.80. The molecule has 0 bridgehead atoms. The highest BCUT2D eigenvalue weighted by Gasteiger charge is 2.28. The van der Waals surface area contributed by atoms with Crippen LogP contribution in [0.4, 0.5) is 0 Å². The quantitative estimate of drug-likeness (QED) is 0.800. The standard InChI is InChI=1S/C19H27NO5/c1-12-6-5-7-16(13(12)2)20-18(21)11-25-19(22)15-10-14(23-3)8-9-17(15)24-4/h8-10,12-13,16H,5-7,11H2,1-4H3,(H,20,21)/t12-,13-,16-/m1/s1. The van der Waals surface area contributed by atoms with Crippen LogP contribution in [0.2, 0.25) is 0 Å². The SMILES string of the molecule is COc1ccc(OC)c(C(=O)OCC(=O)N[C@@H]2CCC[C@@H](C)[C@H]2C)c1. The highest BCUT2D eigenvalue weighted by atomic mass is 16.5. The molecule has 0 unspecified atom stereocenters. The zero-order valence-corrected chi connectivity index (χ0v) is 15.3. The maximum Gasteiger partial charge on any atom is 0.342 e. The number of ether oxygens (including phenoxy) is 3. The third-order valence-electron chi connectivity index (χ3n) is 5.01. The Morgan fingerprint density at radius 3 is 2.60 bits per heavy atom. The van der Waals surface area contributed by atoms with Crippen molar-refractivity contribution in [1.82, 2.24) is 5.32 Å². The molecule has 1 fully saturated rings. The monoisotopic (exact) mass is 349 g/mol. The molecule has 2 rings (SSSR count). The van der Waals surface area contributed by atoms with Gasteiger partial charge in [0.15, 0.2) is 6.61 Å². The Bertz CT molecular complexity index is 616. The summed E-state index contributed by atoms with van der Waals surface area (Å²) in [5.41, 5.74) is 0.231. The van der Waals surface area contributed by atoms with Gasteiger partial charge in [0.2, 0.25) is 0 Å². The summed E-state index contributed by atoms with van der Waals surface area (Å²) < 4.78 is 15.4. The highest BCUT2D eigenvalue weighted by molar-refractivity contribution is 5.94. The van der Waals surface area contributed by atoms with Crippen LogP contribution >= 0.6 is 0 Å². The molecule has 6 nitrogen and oxygen atoms in total. The van der Waals surface area contributed by atoms with Crippen LogP contribution in [0.5, 0.6) is 11.5 Å². The van der Waals surface area contributed by atoms with Crippen molar-refractivity contribution >= 4 is 11.9 Å². The smallest absolute Gasteiger partial charge is 0.342 e. The maximum atomic E-state index is 12.3. The van der Waals surface area contributed by atoms with Gasteiger partial charge in [-0.05, 0) is 36.5 Å². The van der Waals surface area contributed by atoms with Gasteiger partial charge in [-0.1, -0.05) is 26.7 Å². The zero-order valence-electron chi connectivity index (χ0n) is 15.3. The summed E-state index contributed by atoms with van der Waals surface area (Å²) in [5, 5.41) is 2.98. The first-order chi connectivity index (χ1) is 12.0. The summed E-state index contributed by atoms with van der Waals surface area (Å²) in [6.45, 7) is 4.05. The van der Waals surface area contributed by atoms with Crippen molar-refractivity contribution in [2.45, 2.75) is 39.2 Å². The van der Waals surface area contributed by atoms with Crippen molar-refractivity contribution in [3.63, 3.8) is 0 Å². The minimum absolute atomic E-state index is 0.140. The first-order valence-corrected chi connectivity index (χ1v) is 8.64. The fourth-order valence-electron chi connectivity index (χ4n) is 3.22. The number of hydrogen-bond acceptors (Lipinski definition) is 5. The molecule has 0 aliphatic heterocycles. The highest BCUT2D eigenvalue weighted by Crippen LogP contribution is 2.29. The van der Waals surface area contributed by atoms with Crippen LogP contribution in [0.15, 0.2) is 18.2 Å². The fraction of sp³-hybridized carbons (Fsp3) is 0.579. The molecule has 0 spiro atoms. The van der Waals surface area contributed by atoms with Crippen LogP contribution < -0.4 is 14.8 Å². The van der Waals surface area contributed by atoms with Crippen molar-refractivity contribution in [1.29, 1.82) is 0 Å². The molecule has 1 aromatic carbocycles. The normalized spacial score (nSPS) is 22.8. The van der Waals surface area contributed by atoms with E-state index < -0.39 is 5.97 Å². The van der Waals surface area contributed by atoms with Crippen molar-refractivity contribution in [2.24, 2.45) is 11.8 Å². The first-order valence-electron chi connectivity index (χ1n) is 8.64. The zero-order chi connectivity index (χ0) is 18.4. The molecule has 1 amide bonds. The van der Waals surface area contributed by atoms with E-state index in [2.05, 4.69) is 19.2 Å². The van der Waals surface area contributed by atoms with Crippen LogP contribution in [0, 0.1) is 11.8 Å². The molecule has 0 saturated heterocycles. The van der Waals surface area contributed by atoms with E-state index in [9.17, 15) is 9.59 Å². The topological polar surface area (TPSA) is 73.9 Å². The van der Waals surface area contributed by atoms with E-state index in [1.54, 1.807) is 12.1 Å². The lowest BCUT2D eigenvalue weighted by molar-refractivity contribution is -0.125. The molecule has 0 radical (unpaired) electrons. The third-order valence-corrected chi connectivity index (χ3v) is 5.01. The second kappa shape index (κ2) is 8.74. The average Bonchev–Trinajstić information content (AvgIpc) is 2.63. The summed E-state index contributed by atoms with van der Waals surface area (Å²) in [6.07, 6.45) is 3.27. The lowest BCUT2D eigenvalue weighted by atomic mass is 9.78. The Balaban J connectivity index is 1.92. The molecule has 0 aromatic heterocycles. The second-order valence-corrected chi connectivity index (χ2v) is 6.58. The van der Waals surface area contributed by atoms with Crippen molar-refractivity contribution in [3.8, 4) is 11.5 Å². The van der Waals surface area contributed by atoms with E-state index in [4.69, 9.17) is 14.2 Å². The maximum absolute atomic E-state index is 12.3. The summed E-state index contributed by atoms with van der Waals surface area (Å²) in [6, 6.07) is 4.99. The molecule has 138 valence electrons. The van der Waals surface area contributed by atoms with Gasteiger partial charge in [0.25, 0.3) is 5.91 Å². The van der Waals surface area contributed by atoms with E-state index in [1.165, 1.54) is 26.7 Å². The molecule has 1 saturated carbocycles. The van der Waals surface area contributed by atoms with Gasteiger partial charge in [-0.3, -0.25) is 4.79 Å². The second-order valence-electron chi connectivity index (χ2n) is 6.58. The van der Waals surface area contributed by atoms with Crippen LogP contribution in [0.1, 0.15) is 43.5 Å².